The third-order valence-electron chi connectivity index (χ3n) is 3.55. The highest BCUT2D eigenvalue weighted by molar-refractivity contribution is 7.89. The first kappa shape index (κ1) is 19.0. The molecule has 27 heavy (non-hydrogen) atoms. The lowest BCUT2D eigenvalue weighted by Crippen LogP contribution is -2.22. The van der Waals surface area contributed by atoms with E-state index >= 15 is 0 Å². The van der Waals surface area contributed by atoms with Gasteiger partial charge in [-0.2, -0.15) is 0 Å². The average Bonchev–Trinajstić information content (AvgIpc) is 3.31. The summed E-state index contributed by atoms with van der Waals surface area (Å²) in [6.45, 7) is 1.43. The molecule has 0 fully saturated rings. The molecule has 0 aliphatic carbocycles. The summed E-state index contributed by atoms with van der Waals surface area (Å²) >= 11 is 1.20. The molecule has 140 valence electrons. The number of sulfonamides is 1. The smallest absolute Gasteiger partial charge is 0.240 e. The van der Waals surface area contributed by atoms with Crippen LogP contribution < -0.4 is 10.0 Å². The number of benzene rings is 1. The third kappa shape index (κ3) is 4.70. The number of hydrogen-bond donors (Lipinski definition) is 2. The second kappa shape index (κ2) is 7.87. The van der Waals surface area contributed by atoms with Crippen LogP contribution in [-0.2, 0) is 21.4 Å². The van der Waals surface area contributed by atoms with E-state index in [-0.39, 0.29) is 28.9 Å². The predicted octanol–water partition coefficient (Wildman–Crippen LogP) is 3.01. The molecular formula is C18H16N2O5S2. The zero-order chi connectivity index (χ0) is 19.4. The minimum Gasteiger partial charge on any atom is -0.461 e. The molecule has 3 aromatic rings. The molecule has 2 aromatic heterocycles. The van der Waals surface area contributed by atoms with Gasteiger partial charge in [0, 0.05) is 24.0 Å². The Bertz CT molecular complexity index is 1050. The van der Waals surface area contributed by atoms with E-state index in [4.69, 9.17) is 4.42 Å². The highest BCUT2D eigenvalue weighted by atomic mass is 32.2. The summed E-state index contributed by atoms with van der Waals surface area (Å²) < 4.78 is 32.4. The van der Waals surface area contributed by atoms with Gasteiger partial charge >= 0.3 is 0 Å². The summed E-state index contributed by atoms with van der Waals surface area (Å²) in [6, 6.07) is 12.4. The maximum atomic E-state index is 12.4. The fourth-order valence-electron chi connectivity index (χ4n) is 2.29. The third-order valence-corrected chi connectivity index (χ3v) is 6.05. The predicted molar refractivity (Wildman–Crippen MR) is 101 cm³/mol. The van der Waals surface area contributed by atoms with Crippen LogP contribution in [-0.4, -0.2) is 20.1 Å². The summed E-state index contributed by atoms with van der Waals surface area (Å²) in [7, 11) is -3.72. The topological polar surface area (TPSA) is 105 Å². The van der Waals surface area contributed by atoms with Crippen LogP contribution in [0.15, 0.2) is 64.1 Å². The first-order valence-electron chi connectivity index (χ1n) is 7.89. The maximum Gasteiger partial charge on any atom is 0.240 e. The maximum absolute atomic E-state index is 12.4. The van der Waals surface area contributed by atoms with Gasteiger partial charge in [-0.05, 0) is 48.5 Å². The normalized spacial score (nSPS) is 11.3. The summed E-state index contributed by atoms with van der Waals surface area (Å²) in [6.07, 6.45) is 1.42. The van der Waals surface area contributed by atoms with Crippen LogP contribution in [0, 0.1) is 0 Å². The molecule has 0 spiro atoms. The van der Waals surface area contributed by atoms with Gasteiger partial charge in [0.25, 0.3) is 0 Å². The van der Waals surface area contributed by atoms with Gasteiger partial charge < -0.3 is 9.73 Å². The van der Waals surface area contributed by atoms with E-state index in [1.54, 1.807) is 24.3 Å². The van der Waals surface area contributed by atoms with E-state index in [0.717, 1.165) is 0 Å². The number of ketones is 1. The van der Waals surface area contributed by atoms with E-state index < -0.39 is 10.0 Å². The number of amides is 1. The monoisotopic (exact) mass is 404 g/mol. The standard InChI is InChI=1S/C18H16N2O5S2/c1-12(21)20-13-4-7-15(8-5-13)27(23,24)19-11-14-6-9-17(26-14)18(22)16-3-2-10-25-16/h2-10,19H,11H2,1H3,(H,20,21). The van der Waals surface area contributed by atoms with Crippen molar-refractivity contribution in [3.63, 3.8) is 0 Å². The van der Waals surface area contributed by atoms with Crippen molar-refractivity contribution in [3.05, 3.63) is 70.3 Å². The molecule has 3 rings (SSSR count). The van der Waals surface area contributed by atoms with Gasteiger partial charge in [0.15, 0.2) is 5.76 Å². The molecule has 0 saturated heterocycles. The average molecular weight is 404 g/mol. The highest BCUT2D eigenvalue weighted by Crippen LogP contribution is 2.21. The molecule has 0 aliphatic rings. The van der Waals surface area contributed by atoms with E-state index in [9.17, 15) is 18.0 Å². The minimum absolute atomic E-state index is 0.0614. The lowest BCUT2D eigenvalue weighted by molar-refractivity contribution is -0.114. The van der Waals surface area contributed by atoms with Gasteiger partial charge in [0.1, 0.15) is 0 Å². The van der Waals surface area contributed by atoms with Crippen LogP contribution in [0.5, 0.6) is 0 Å². The van der Waals surface area contributed by atoms with Crippen LogP contribution in [0.1, 0.15) is 27.2 Å². The summed E-state index contributed by atoms with van der Waals surface area (Å²) in [5, 5.41) is 2.57. The fraction of sp³-hybridized carbons (Fsp3) is 0.111. The number of nitrogens with one attached hydrogen (secondary N) is 2. The van der Waals surface area contributed by atoms with Crippen LogP contribution >= 0.6 is 11.3 Å². The summed E-state index contributed by atoms with van der Waals surface area (Å²) in [5.74, 6) is -0.239. The Labute approximate surface area is 160 Å². The molecule has 0 unspecified atom stereocenters. The van der Waals surface area contributed by atoms with Crippen molar-refractivity contribution in [1.82, 2.24) is 4.72 Å². The van der Waals surface area contributed by atoms with E-state index in [2.05, 4.69) is 10.0 Å². The Morgan fingerprint density at radius 3 is 2.44 bits per heavy atom. The van der Waals surface area contributed by atoms with E-state index in [1.807, 2.05) is 0 Å². The van der Waals surface area contributed by atoms with Crippen LogP contribution in [0.3, 0.4) is 0 Å². The quantitative estimate of drug-likeness (QED) is 0.589. The molecule has 1 aromatic carbocycles. The van der Waals surface area contributed by atoms with Gasteiger partial charge in [0.05, 0.1) is 16.0 Å². The molecule has 2 heterocycles. The van der Waals surface area contributed by atoms with Crippen LogP contribution in [0.4, 0.5) is 5.69 Å². The van der Waals surface area contributed by atoms with Crippen molar-refractivity contribution in [2.75, 3.05) is 5.32 Å². The molecule has 1 amide bonds. The van der Waals surface area contributed by atoms with Gasteiger partial charge in [-0.3, -0.25) is 9.59 Å². The number of carbonyl (C=O) groups excluding carboxylic acids is 2. The zero-order valence-corrected chi connectivity index (χ0v) is 15.9. The summed E-state index contributed by atoms with van der Waals surface area (Å²) in [4.78, 5) is 24.5. The Hall–Kier alpha value is -2.75. The van der Waals surface area contributed by atoms with Crippen molar-refractivity contribution in [2.45, 2.75) is 18.4 Å². The first-order chi connectivity index (χ1) is 12.8. The molecule has 0 atom stereocenters. The second-order valence-corrected chi connectivity index (χ2v) is 8.54. The lowest BCUT2D eigenvalue weighted by Gasteiger charge is -2.07. The van der Waals surface area contributed by atoms with Gasteiger partial charge in [-0.15, -0.1) is 11.3 Å². The Balaban J connectivity index is 1.65. The fourth-order valence-corrected chi connectivity index (χ4v) is 4.28. The Kier molecular flexibility index (Phi) is 5.54. The summed E-state index contributed by atoms with van der Waals surface area (Å²) in [5.41, 5.74) is 0.515. The second-order valence-electron chi connectivity index (χ2n) is 5.60. The number of rotatable bonds is 7. The number of thiophene rings is 1. The van der Waals surface area contributed by atoms with Crippen molar-refractivity contribution in [3.8, 4) is 0 Å². The SMILES string of the molecule is CC(=O)Nc1ccc(S(=O)(=O)NCc2ccc(C(=O)c3ccco3)s2)cc1. The van der Waals surface area contributed by atoms with Crippen molar-refractivity contribution >= 4 is 38.7 Å². The van der Waals surface area contributed by atoms with Gasteiger partial charge in [-0.1, -0.05) is 0 Å². The molecule has 0 radical (unpaired) electrons. The molecule has 7 nitrogen and oxygen atoms in total. The van der Waals surface area contributed by atoms with Gasteiger partial charge in [0.2, 0.25) is 21.7 Å². The van der Waals surface area contributed by atoms with Crippen LogP contribution in [0.2, 0.25) is 0 Å². The number of carbonyl (C=O) groups is 2. The molecule has 2 N–H and O–H groups in total. The van der Waals surface area contributed by atoms with E-state index in [0.29, 0.717) is 15.4 Å². The Morgan fingerprint density at radius 2 is 1.81 bits per heavy atom. The molecular weight excluding hydrogens is 388 g/mol. The molecule has 0 saturated carbocycles. The number of anilines is 1. The highest BCUT2D eigenvalue weighted by Gasteiger charge is 2.17. The molecule has 0 aliphatic heterocycles. The Morgan fingerprint density at radius 1 is 1.07 bits per heavy atom. The van der Waals surface area contributed by atoms with Crippen molar-refractivity contribution in [1.29, 1.82) is 0 Å². The molecule has 0 bridgehead atoms. The van der Waals surface area contributed by atoms with Crippen LogP contribution in [0.25, 0.3) is 0 Å². The lowest BCUT2D eigenvalue weighted by atomic mass is 10.2. The molecule has 9 heteroatoms. The first-order valence-corrected chi connectivity index (χ1v) is 10.2. The zero-order valence-electron chi connectivity index (χ0n) is 14.3. The van der Waals surface area contributed by atoms with Crippen molar-refractivity contribution in [2.24, 2.45) is 0 Å². The van der Waals surface area contributed by atoms with Gasteiger partial charge in [-0.25, -0.2) is 13.1 Å². The number of furan rings is 1. The largest absolute Gasteiger partial charge is 0.461 e. The van der Waals surface area contributed by atoms with E-state index in [1.165, 1.54) is 48.8 Å². The minimum atomic E-state index is -3.72. The van der Waals surface area contributed by atoms with Crippen molar-refractivity contribution < 1.29 is 22.4 Å². The number of hydrogen-bond acceptors (Lipinski definition) is 6.